The van der Waals surface area contributed by atoms with Crippen LogP contribution in [0.1, 0.15) is 48.2 Å². The van der Waals surface area contributed by atoms with Gasteiger partial charge >= 0.3 is 0 Å². The van der Waals surface area contributed by atoms with Crippen molar-refractivity contribution in [3.05, 3.63) is 63.4 Å². The minimum absolute atomic E-state index is 0.0199. The molecule has 0 unspecified atom stereocenters. The Morgan fingerprint density at radius 3 is 2.47 bits per heavy atom. The second-order valence-corrected chi connectivity index (χ2v) is 7.36. The molecule has 30 heavy (non-hydrogen) atoms. The van der Waals surface area contributed by atoms with Gasteiger partial charge in [-0.2, -0.15) is 0 Å². The molecule has 0 atom stereocenters. The first kappa shape index (κ1) is 20.0. The van der Waals surface area contributed by atoms with Crippen LogP contribution in [0.25, 0.3) is 10.9 Å². The van der Waals surface area contributed by atoms with Gasteiger partial charge in [0.2, 0.25) is 0 Å². The van der Waals surface area contributed by atoms with Gasteiger partial charge in [-0.1, -0.05) is 6.07 Å². The van der Waals surface area contributed by atoms with Crippen LogP contribution in [0.3, 0.4) is 0 Å². The van der Waals surface area contributed by atoms with Crippen LogP contribution < -0.4 is 20.3 Å². The third kappa shape index (κ3) is 3.90. The summed E-state index contributed by atoms with van der Waals surface area (Å²) in [4.78, 5) is 28.2. The summed E-state index contributed by atoms with van der Waals surface area (Å²) >= 11 is 0. The molecule has 0 radical (unpaired) electrons. The number of pyridine rings is 1. The molecule has 6 nitrogen and oxygen atoms in total. The summed E-state index contributed by atoms with van der Waals surface area (Å²) in [5.41, 5.74) is 3.88. The van der Waals surface area contributed by atoms with Crippen molar-refractivity contribution in [2.75, 3.05) is 18.5 Å². The molecule has 0 spiro atoms. The normalized spacial score (nSPS) is 13.0. The van der Waals surface area contributed by atoms with E-state index in [4.69, 9.17) is 9.47 Å². The molecule has 2 N–H and O–H groups in total. The molecule has 156 valence electrons. The van der Waals surface area contributed by atoms with Crippen molar-refractivity contribution in [1.29, 1.82) is 0 Å². The monoisotopic (exact) mass is 406 g/mol. The number of nitrogens with one attached hydrogen (secondary N) is 2. The Bertz CT molecular complexity index is 1150. The number of ether oxygens (including phenoxy) is 2. The maximum atomic E-state index is 12.8. The standard InChI is InChI=1S/C24H26N2O4/c1-3-29-21-12-9-15(13-22(21)30-4-2)23(27)25-16-10-11-18-17-7-5-6-8-19(17)24(28)26-20(18)14-16/h9-14H,3-8H2,1-2H3,(H,25,27)(H,26,28). The van der Waals surface area contributed by atoms with E-state index in [9.17, 15) is 9.59 Å². The second kappa shape index (κ2) is 8.61. The van der Waals surface area contributed by atoms with Crippen molar-refractivity contribution in [3.8, 4) is 11.5 Å². The summed E-state index contributed by atoms with van der Waals surface area (Å²) in [6, 6.07) is 10.8. The molecule has 1 aliphatic rings. The minimum atomic E-state index is -0.251. The number of amides is 1. The lowest BCUT2D eigenvalue weighted by molar-refractivity contribution is 0.102. The van der Waals surface area contributed by atoms with Gasteiger partial charge in [0.25, 0.3) is 11.5 Å². The molecular weight excluding hydrogens is 380 g/mol. The SMILES string of the molecule is CCOc1ccc(C(=O)Nc2ccc3c4c(c(=O)[nH]c3c2)CCCC4)cc1OCC. The number of benzene rings is 2. The average Bonchev–Trinajstić information content (AvgIpc) is 2.75. The van der Waals surface area contributed by atoms with E-state index in [0.717, 1.165) is 47.7 Å². The highest BCUT2D eigenvalue weighted by molar-refractivity contribution is 6.05. The number of aromatic nitrogens is 1. The Balaban J connectivity index is 1.62. The van der Waals surface area contributed by atoms with Gasteiger partial charge in [-0.3, -0.25) is 9.59 Å². The molecule has 1 amide bonds. The number of aryl methyl sites for hydroxylation is 1. The van der Waals surface area contributed by atoms with E-state index in [1.165, 1.54) is 0 Å². The Labute approximate surface area is 175 Å². The fourth-order valence-corrected chi connectivity index (χ4v) is 4.04. The second-order valence-electron chi connectivity index (χ2n) is 7.36. The summed E-state index contributed by atoms with van der Waals surface area (Å²) in [5, 5.41) is 3.97. The Morgan fingerprint density at radius 2 is 1.70 bits per heavy atom. The smallest absolute Gasteiger partial charge is 0.255 e. The molecule has 0 aliphatic heterocycles. The molecule has 1 aromatic heterocycles. The lowest BCUT2D eigenvalue weighted by Gasteiger charge is -2.17. The van der Waals surface area contributed by atoms with Gasteiger partial charge in [0.05, 0.1) is 18.7 Å². The van der Waals surface area contributed by atoms with Crippen LogP contribution in [0.5, 0.6) is 11.5 Å². The number of hydrogen-bond donors (Lipinski definition) is 2. The van der Waals surface area contributed by atoms with Crippen molar-refractivity contribution in [2.45, 2.75) is 39.5 Å². The quantitative estimate of drug-likeness (QED) is 0.633. The number of rotatable bonds is 6. The van der Waals surface area contributed by atoms with Crippen LogP contribution >= 0.6 is 0 Å². The first-order chi connectivity index (χ1) is 14.6. The summed E-state index contributed by atoms with van der Waals surface area (Å²) in [7, 11) is 0. The molecule has 6 heteroatoms. The maximum absolute atomic E-state index is 12.8. The van der Waals surface area contributed by atoms with Gasteiger partial charge in [-0.15, -0.1) is 0 Å². The zero-order valence-corrected chi connectivity index (χ0v) is 17.3. The summed E-state index contributed by atoms with van der Waals surface area (Å²) in [6.45, 7) is 4.78. The topological polar surface area (TPSA) is 80.4 Å². The maximum Gasteiger partial charge on any atom is 0.255 e. The number of carbonyl (C=O) groups is 1. The molecule has 0 saturated carbocycles. The summed E-state index contributed by atoms with van der Waals surface area (Å²) in [6.07, 6.45) is 3.92. The minimum Gasteiger partial charge on any atom is -0.490 e. The predicted molar refractivity (Wildman–Crippen MR) is 118 cm³/mol. The molecule has 3 aromatic rings. The van der Waals surface area contributed by atoms with E-state index in [1.54, 1.807) is 18.2 Å². The highest BCUT2D eigenvalue weighted by atomic mass is 16.5. The van der Waals surface area contributed by atoms with Gasteiger partial charge in [-0.25, -0.2) is 0 Å². The van der Waals surface area contributed by atoms with Crippen LogP contribution in [-0.4, -0.2) is 24.1 Å². The molecule has 2 aromatic carbocycles. The number of H-pyrrole nitrogens is 1. The zero-order valence-electron chi connectivity index (χ0n) is 17.3. The van der Waals surface area contributed by atoms with Gasteiger partial charge in [0.1, 0.15) is 0 Å². The molecule has 1 heterocycles. The lowest BCUT2D eigenvalue weighted by atomic mass is 9.90. The van der Waals surface area contributed by atoms with E-state index in [0.29, 0.717) is 36.0 Å². The van der Waals surface area contributed by atoms with E-state index in [2.05, 4.69) is 10.3 Å². The molecule has 1 aliphatic carbocycles. The molecule has 0 fully saturated rings. The van der Waals surface area contributed by atoms with Crippen molar-refractivity contribution in [1.82, 2.24) is 4.98 Å². The van der Waals surface area contributed by atoms with Gasteiger partial charge in [0.15, 0.2) is 11.5 Å². The first-order valence-corrected chi connectivity index (χ1v) is 10.5. The fraction of sp³-hybridized carbons (Fsp3) is 0.333. The Kier molecular flexibility index (Phi) is 5.74. The Morgan fingerprint density at radius 1 is 0.967 bits per heavy atom. The zero-order chi connectivity index (χ0) is 21.1. The molecule has 0 saturated heterocycles. The van der Waals surface area contributed by atoms with Crippen molar-refractivity contribution in [3.63, 3.8) is 0 Å². The van der Waals surface area contributed by atoms with Gasteiger partial charge in [-0.05, 0) is 75.4 Å². The van der Waals surface area contributed by atoms with Crippen LogP contribution in [-0.2, 0) is 12.8 Å². The van der Waals surface area contributed by atoms with E-state index >= 15 is 0 Å². The average molecular weight is 406 g/mol. The van der Waals surface area contributed by atoms with Crippen molar-refractivity contribution in [2.24, 2.45) is 0 Å². The third-order valence-corrected chi connectivity index (χ3v) is 5.40. The largest absolute Gasteiger partial charge is 0.490 e. The van der Waals surface area contributed by atoms with Crippen LogP contribution in [0.15, 0.2) is 41.2 Å². The van der Waals surface area contributed by atoms with Crippen LogP contribution in [0.2, 0.25) is 0 Å². The summed E-state index contributed by atoms with van der Waals surface area (Å²) < 4.78 is 11.2. The number of hydrogen-bond acceptors (Lipinski definition) is 4. The fourth-order valence-electron chi connectivity index (χ4n) is 4.04. The number of carbonyl (C=O) groups excluding carboxylic acids is 1. The summed E-state index contributed by atoms with van der Waals surface area (Å²) in [5.74, 6) is 0.907. The highest BCUT2D eigenvalue weighted by Gasteiger charge is 2.17. The highest BCUT2D eigenvalue weighted by Crippen LogP contribution is 2.30. The Hall–Kier alpha value is -3.28. The van der Waals surface area contributed by atoms with Crippen molar-refractivity contribution >= 4 is 22.5 Å². The predicted octanol–water partition coefficient (Wildman–Crippen LogP) is 4.46. The number of aromatic amines is 1. The first-order valence-electron chi connectivity index (χ1n) is 10.5. The van der Waals surface area contributed by atoms with Crippen LogP contribution in [0, 0.1) is 0 Å². The third-order valence-electron chi connectivity index (χ3n) is 5.40. The van der Waals surface area contributed by atoms with Gasteiger partial charge in [0, 0.05) is 22.2 Å². The van der Waals surface area contributed by atoms with E-state index in [1.807, 2.05) is 32.0 Å². The lowest BCUT2D eigenvalue weighted by Crippen LogP contribution is -2.19. The molecular formula is C24H26N2O4. The van der Waals surface area contributed by atoms with Crippen molar-refractivity contribution < 1.29 is 14.3 Å². The van der Waals surface area contributed by atoms with Crippen LogP contribution in [0.4, 0.5) is 5.69 Å². The van der Waals surface area contributed by atoms with E-state index < -0.39 is 0 Å². The number of fused-ring (bicyclic) bond motifs is 3. The van der Waals surface area contributed by atoms with Gasteiger partial charge < -0.3 is 19.8 Å². The molecule has 4 rings (SSSR count). The molecule has 0 bridgehead atoms. The van der Waals surface area contributed by atoms with E-state index in [-0.39, 0.29) is 11.5 Å². The number of anilines is 1.